The first kappa shape index (κ1) is 19.7. The smallest absolute Gasteiger partial charge is 0.226 e. The highest BCUT2D eigenvalue weighted by Gasteiger charge is 2.48. The summed E-state index contributed by atoms with van der Waals surface area (Å²) in [7, 11) is 0. The second-order valence-corrected chi connectivity index (χ2v) is 8.73. The van der Waals surface area contributed by atoms with Crippen LogP contribution in [0.5, 0.6) is 5.75 Å². The van der Waals surface area contributed by atoms with Gasteiger partial charge >= 0.3 is 0 Å². The van der Waals surface area contributed by atoms with Crippen LogP contribution in [-0.4, -0.2) is 42.1 Å². The maximum absolute atomic E-state index is 13.8. The molecule has 2 aliphatic heterocycles. The molecular formula is C24H29FN2O2. The van der Waals surface area contributed by atoms with Gasteiger partial charge < -0.3 is 14.5 Å². The Balaban J connectivity index is 1.37. The van der Waals surface area contributed by atoms with Crippen LogP contribution in [0.4, 0.5) is 10.1 Å². The standard InChI is InChI=1S/C24H29FN2O2/c1-24(2)16-18-17-26(23(28)12-14-29-21-9-4-3-5-10-21)13-11-22(18)27(24)20-8-6-7-19(25)15-20/h3-10,15,18,22H,11-14,16-17H2,1-2H3/t18-,22+/m1/s1. The minimum atomic E-state index is -0.201. The summed E-state index contributed by atoms with van der Waals surface area (Å²) in [6, 6.07) is 16.8. The highest BCUT2D eigenvalue weighted by atomic mass is 19.1. The summed E-state index contributed by atoms with van der Waals surface area (Å²) in [4.78, 5) is 17.1. The molecule has 154 valence electrons. The van der Waals surface area contributed by atoms with Crippen molar-refractivity contribution in [3.05, 3.63) is 60.4 Å². The molecule has 4 nitrogen and oxygen atoms in total. The molecule has 2 fully saturated rings. The number of ether oxygens (including phenoxy) is 1. The molecule has 4 rings (SSSR count). The Morgan fingerprint density at radius 1 is 1.17 bits per heavy atom. The number of likely N-dealkylation sites (tertiary alicyclic amines) is 1. The van der Waals surface area contributed by atoms with Crippen molar-refractivity contribution in [1.82, 2.24) is 4.90 Å². The number of rotatable bonds is 5. The number of hydrogen-bond acceptors (Lipinski definition) is 3. The molecule has 0 unspecified atom stereocenters. The van der Waals surface area contributed by atoms with Gasteiger partial charge in [0.05, 0.1) is 13.0 Å². The zero-order valence-corrected chi connectivity index (χ0v) is 17.2. The zero-order chi connectivity index (χ0) is 20.4. The van der Waals surface area contributed by atoms with Crippen LogP contribution in [0.15, 0.2) is 54.6 Å². The maximum Gasteiger partial charge on any atom is 0.226 e. The van der Waals surface area contributed by atoms with Gasteiger partial charge in [-0.3, -0.25) is 4.79 Å². The van der Waals surface area contributed by atoms with Gasteiger partial charge in [0.25, 0.3) is 0 Å². The number of carbonyl (C=O) groups excluding carboxylic acids is 1. The van der Waals surface area contributed by atoms with E-state index >= 15 is 0 Å². The summed E-state index contributed by atoms with van der Waals surface area (Å²) < 4.78 is 19.5. The van der Waals surface area contributed by atoms with Gasteiger partial charge in [-0.1, -0.05) is 24.3 Å². The molecular weight excluding hydrogens is 367 g/mol. The van der Waals surface area contributed by atoms with Crippen LogP contribution in [0.25, 0.3) is 0 Å². The average Bonchev–Trinajstić information content (AvgIpc) is 2.97. The molecule has 2 aromatic carbocycles. The van der Waals surface area contributed by atoms with Gasteiger partial charge in [0, 0.05) is 30.4 Å². The van der Waals surface area contributed by atoms with Crippen LogP contribution in [0.2, 0.25) is 0 Å². The maximum atomic E-state index is 13.8. The van der Waals surface area contributed by atoms with Crippen LogP contribution in [-0.2, 0) is 4.79 Å². The lowest BCUT2D eigenvalue weighted by atomic mass is 9.89. The quantitative estimate of drug-likeness (QED) is 0.746. The van der Waals surface area contributed by atoms with Crippen molar-refractivity contribution < 1.29 is 13.9 Å². The van der Waals surface area contributed by atoms with E-state index in [-0.39, 0.29) is 17.3 Å². The van der Waals surface area contributed by atoms with Crippen molar-refractivity contribution in [2.75, 3.05) is 24.6 Å². The first-order valence-corrected chi connectivity index (χ1v) is 10.4. The van der Waals surface area contributed by atoms with E-state index in [0.717, 1.165) is 37.4 Å². The molecule has 2 aliphatic rings. The molecule has 0 aliphatic carbocycles. The van der Waals surface area contributed by atoms with Gasteiger partial charge in [0.1, 0.15) is 11.6 Å². The van der Waals surface area contributed by atoms with Crippen LogP contribution in [0.1, 0.15) is 33.1 Å². The predicted octanol–water partition coefficient (Wildman–Crippen LogP) is 4.50. The summed E-state index contributed by atoms with van der Waals surface area (Å²) in [5, 5.41) is 0. The number of nitrogens with zero attached hydrogens (tertiary/aromatic N) is 2. The molecule has 0 bridgehead atoms. The largest absolute Gasteiger partial charge is 0.493 e. The van der Waals surface area contributed by atoms with E-state index in [1.807, 2.05) is 41.3 Å². The molecule has 0 saturated carbocycles. The number of piperidine rings is 1. The molecule has 5 heteroatoms. The average molecular weight is 397 g/mol. The van der Waals surface area contributed by atoms with Gasteiger partial charge in [-0.25, -0.2) is 4.39 Å². The monoisotopic (exact) mass is 396 g/mol. The number of hydrogen-bond donors (Lipinski definition) is 0. The molecule has 0 spiro atoms. The minimum Gasteiger partial charge on any atom is -0.493 e. The Morgan fingerprint density at radius 2 is 1.97 bits per heavy atom. The molecule has 2 atom stereocenters. The van der Waals surface area contributed by atoms with Gasteiger partial charge in [0.15, 0.2) is 0 Å². The van der Waals surface area contributed by atoms with Crippen LogP contribution < -0.4 is 9.64 Å². The number of para-hydroxylation sites is 1. The van der Waals surface area contributed by atoms with Crippen molar-refractivity contribution in [2.45, 2.75) is 44.7 Å². The summed E-state index contributed by atoms with van der Waals surface area (Å²) in [6.07, 6.45) is 2.30. The van der Waals surface area contributed by atoms with E-state index in [1.54, 1.807) is 12.1 Å². The Morgan fingerprint density at radius 3 is 2.72 bits per heavy atom. The van der Waals surface area contributed by atoms with E-state index < -0.39 is 0 Å². The summed E-state index contributed by atoms with van der Waals surface area (Å²) in [6.45, 7) is 6.35. The second kappa shape index (κ2) is 8.05. The lowest BCUT2D eigenvalue weighted by Gasteiger charge is -2.42. The predicted molar refractivity (Wildman–Crippen MR) is 113 cm³/mol. The van der Waals surface area contributed by atoms with Crippen LogP contribution in [0, 0.1) is 11.7 Å². The third-order valence-electron chi connectivity index (χ3n) is 6.21. The Hall–Kier alpha value is -2.56. The van der Waals surface area contributed by atoms with Crippen molar-refractivity contribution in [1.29, 1.82) is 0 Å². The Bertz CT molecular complexity index is 855. The first-order chi connectivity index (χ1) is 13.9. The molecule has 0 radical (unpaired) electrons. The highest BCUT2D eigenvalue weighted by Crippen LogP contribution is 2.44. The molecule has 2 saturated heterocycles. The van der Waals surface area contributed by atoms with Crippen LogP contribution >= 0.6 is 0 Å². The molecule has 1 amide bonds. The number of amides is 1. The molecule has 2 heterocycles. The lowest BCUT2D eigenvalue weighted by molar-refractivity contribution is -0.133. The van der Waals surface area contributed by atoms with Crippen molar-refractivity contribution in [2.24, 2.45) is 5.92 Å². The summed E-state index contributed by atoms with van der Waals surface area (Å²) in [5.41, 5.74) is 0.886. The van der Waals surface area contributed by atoms with E-state index in [9.17, 15) is 9.18 Å². The van der Waals surface area contributed by atoms with Crippen molar-refractivity contribution >= 4 is 11.6 Å². The molecule has 29 heavy (non-hydrogen) atoms. The Kier molecular flexibility index (Phi) is 5.48. The van der Waals surface area contributed by atoms with Gasteiger partial charge in [-0.15, -0.1) is 0 Å². The number of fused-ring (bicyclic) bond motifs is 1. The van der Waals surface area contributed by atoms with Crippen molar-refractivity contribution in [3.63, 3.8) is 0 Å². The summed E-state index contributed by atoms with van der Waals surface area (Å²) >= 11 is 0. The third kappa shape index (κ3) is 4.24. The number of halogens is 1. The minimum absolute atomic E-state index is 0.0569. The number of benzene rings is 2. The van der Waals surface area contributed by atoms with Gasteiger partial charge in [-0.05, 0) is 62.9 Å². The topological polar surface area (TPSA) is 32.8 Å². The fraction of sp³-hybridized carbons (Fsp3) is 0.458. The SMILES string of the molecule is CC1(C)C[C@@H]2CN(C(=O)CCOc3ccccc3)CC[C@@H]2N1c1cccc(F)c1. The number of carbonyl (C=O) groups is 1. The fourth-order valence-corrected chi connectivity index (χ4v) is 5.07. The first-order valence-electron chi connectivity index (χ1n) is 10.4. The third-order valence-corrected chi connectivity index (χ3v) is 6.21. The van der Waals surface area contributed by atoms with E-state index in [0.29, 0.717) is 25.0 Å². The fourth-order valence-electron chi connectivity index (χ4n) is 5.07. The van der Waals surface area contributed by atoms with Crippen LogP contribution in [0.3, 0.4) is 0 Å². The summed E-state index contributed by atoms with van der Waals surface area (Å²) in [5.74, 6) is 1.15. The zero-order valence-electron chi connectivity index (χ0n) is 17.2. The number of anilines is 1. The highest BCUT2D eigenvalue weighted by molar-refractivity contribution is 5.76. The molecule has 0 N–H and O–H groups in total. The molecule has 2 aromatic rings. The van der Waals surface area contributed by atoms with E-state index in [2.05, 4.69) is 18.7 Å². The van der Waals surface area contributed by atoms with Gasteiger partial charge in [0.2, 0.25) is 5.91 Å². The van der Waals surface area contributed by atoms with Crippen molar-refractivity contribution in [3.8, 4) is 5.75 Å². The second-order valence-electron chi connectivity index (χ2n) is 8.73. The Labute approximate surface area is 172 Å². The van der Waals surface area contributed by atoms with Gasteiger partial charge in [-0.2, -0.15) is 0 Å². The normalized spacial score (nSPS) is 23.0. The van der Waals surface area contributed by atoms with E-state index in [1.165, 1.54) is 6.07 Å². The molecule has 0 aromatic heterocycles. The van der Waals surface area contributed by atoms with E-state index in [4.69, 9.17) is 4.74 Å². The lowest BCUT2D eigenvalue weighted by Crippen LogP contribution is -2.50.